The Balaban J connectivity index is 1.21. The number of nitrogens with one attached hydrogen (secondary N) is 1. The number of pyridine rings is 1. The van der Waals surface area contributed by atoms with Crippen LogP contribution in [0.1, 0.15) is 30.4 Å². The largest absolute Gasteiger partial charge is 0.369 e. The third-order valence-electron chi connectivity index (χ3n) is 6.90. The SMILES string of the molecule is Cc1nccn1-c1cccc(C2CCCN2CC(=O)Nc2ccc(N3CCN(C)CC3)cc2)n1. The quantitative estimate of drug-likeness (QED) is 0.611. The van der Waals surface area contributed by atoms with E-state index in [0.29, 0.717) is 6.54 Å². The summed E-state index contributed by atoms with van der Waals surface area (Å²) >= 11 is 0. The number of imidazole rings is 1. The molecule has 1 unspecified atom stereocenters. The van der Waals surface area contributed by atoms with Crippen LogP contribution in [-0.4, -0.2) is 76.6 Å². The van der Waals surface area contributed by atoms with E-state index in [1.54, 1.807) is 6.20 Å². The molecule has 2 aliphatic heterocycles. The summed E-state index contributed by atoms with van der Waals surface area (Å²) in [5.74, 6) is 1.79. The number of hydrogen-bond donors (Lipinski definition) is 1. The van der Waals surface area contributed by atoms with Crippen molar-refractivity contribution in [2.24, 2.45) is 0 Å². The molecule has 8 heteroatoms. The molecule has 1 N–H and O–H groups in total. The predicted molar refractivity (Wildman–Crippen MR) is 134 cm³/mol. The lowest BCUT2D eigenvalue weighted by Crippen LogP contribution is -2.44. The zero-order valence-electron chi connectivity index (χ0n) is 20.0. The predicted octanol–water partition coefficient (Wildman–Crippen LogP) is 3.10. The third kappa shape index (κ3) is 4.98. The molecule has 2 fully saturated rings. The fourth-order valence-corrected chi connectivity index (χ4v) is 4.93. The molecule has 0 bridgehead atoms. The maximum atomic E-state index is 12.9. The standard InChI is InChI=1S/C26H33N7O/c1-20-27-12-14-33(20)25-7-3-5-23(29-25)24-6-4-13-32(24)19-26(34)28-21-8-10-22(11-9-21)31-17-15-30(2)16-18-31/h3,5,7-12,14,24H,4,6,13,15-19H2,1-2H3,(H,28,34). The Labute approximate surface area is 201 Å². The lowest BCUT2D eigenvalue weighted by Gasteiger charge is -2.34. The van der Waals surface area contributed by atoms with Crippen LogP contribution in [0.2, 0.25) is 0 Å². The Hall–Kier alpha value is -3.23. The highest BCUT2D eigenvalue weighted by Crippen LogP contribution is 2.31. The highest BCUT2D eigenvalue weighted by atomic mass is 16.2. The summed E-state index contributed by atoms with van der Waals surface area (Å²) in [5, 5.41) is 3.08. The summed E-state index contributed by atoms with van der Waals surface area (Å²) in [6, 6.07) is 14.5. The van der Waals surface area contributed by atoms with E-state index in [9.17, 15) is 4.79 Å². The molecule has 0 aliphatic carbocycles. The first-order chi connectivity index (χ1) is 16.6. The van der Waals surface area contributed by atoms with Crippen LogP contribution in [0.4, 0.5) is 11.4 Å². The van der Waals surface area contributed by atoms with Gasteiger partial charge in [0, 0.05) is 49.9 Å². The molecular formula is C26H33N7O. The van der Waals surface area contributed by atoms with E-state index < -0.39 is 0 Å². The fraction of sp³-hybridized carbons (Fsp3) is 0.423. The summed E-state index contributed by atoms with van der Waals surface area (Å²) in [7, 11) is 2.16. The Morgan fingerprint density at radius 3 is 2.59 bits per heavy atom. The number of likely N-dealkylation sites (N-methyl/N-ethyl adjacent to an activating group) is 1. The zero-order valence-corrected chi connectivity index (χ0v) is 20.0. The van der Waals surface area contributed by atoms with Gasteiger partial charge in [-0.05, 0) is 69.8 Å². The molecule has 2 saturated heterocycles. The highest BCUT2D eigenvalue weighted by Gasteiger charge is 2.29. The molecule has 34 heavy (non-hydrogen) atoms. The number of piperazine rings is 1. The maximum Gasteiger partial charge on any atom is 0.238 e. The number of likely N-dealkylation sites (tertiary alicyclic amines) is 1. The number of hydrogen-bond acceptors (Lipinski definition) is 6. The number of amides is 1. The first kappa shape index (κ1) is 22.6. The second-order valence-corrected chi connectivity index (χ2v) is 9.28. The van der Waals surface area contributed by atoms with Crippen LogP contribution < -0.4 is 10.2 Å². The summed E-state index contributed by atoms with van der Waals surface area (Å²) < 4.78 is 1.99. The molecule has 178 valence electrons. The number of carbonyl (C=O) groups is 1. The van der Waals surface area contributed by atoms with Crippen molar-refractivity contribution in [3.8, 4) is 5.82 Å². The zero-order chi connectivity index (χ0) is 23.5. The van der Waals surface area contributed by atoms with E-state index in [0.717, 1.165) is 68.6 Å². The summed E-state index contributed by atoms with van der Waals surface area (Å²) in [4.78, 5) is 29.1. The van der Waals surface area contributed by atoms with Crippen LogP contribution in [0, 0.1) is 6.92 Å². The van der Waals surface area contributed by atoms with Gasteiger partial charge >= 0.3 is 0 Å². The normalized spacial score (nSPS) is 19.5. The van der Waals surface area contributed by atoms with Gasteiger partial charge in [-0.15, -0.1) is 0 Å². The van der Waals surface area contributed by atoms with Crippen molar-refractivity contribution < 1.29 is 4.79 Å². The van der Waals surface area contributed by atoms with Gasteiger partial charge in [-0.1, -0.05) is 6.07 Å². The lowest BCUT2D eigenvalue weighted by molar-refractivity contribution is -0.117. The fourth-order valence-electron chi connectivity index (χ4n) is 4.93. The molecule has 1 aromatic carbocycles. The number of aromatic nitrogens is 3. The minimum absolute atomic E-state index is 0.0147. The summed E-state index contributed by atoms with van der Waals surface area (Å²) in [6.07, 6.45) is 5.78. The molecule has 1 atom stereocenters. The van der Waals surface area contributed by atoms with E-state index in [1.165, 1.54) is 5.69 Å². The molecule has 8 nitrogen and oxygen atoms in total. The van der Waals surface area contributed by atoms with Gasteiger partial charge in [0.25, 0.3) is 0 Å². The number of nitrogens with zero attached hydrogens (tertiary/aromatic N) is 6. The Morgan fingerprint density at radius 1 is 1.06 bits per heavy atom. The average Bonchev–Trinajstić information content (AvgIpc) is 3.49. The van der Waals surface area contributed by atoms with Crippen molar-refractivity contribution in [3.05, 3.63) is 66.4 Å². The molecule has 2 aromatic heterocycles. The Morgan fingerprint density at radius 2 is 1.85 bits per heavy atom. The van der Waals surface area contributed by atoms with Crippen LogP contribution >= 0.6 is 0 Å². The molecule has 3 aromatic rings. The van der Waals surface area contributed by atoms with Crippen molar-refractivity contribution >= 4 is 17.3 Å². The van der Waals surface area contributed by atoms with Gasteiger partial charge < -0.3 is 15.1 Å². The first-order valence-corrected chi connectivity index (χ1v) is 12.1. The smallest absolute Gasteiger partial charge is 0.238 e. The number of carbonyl (C=O) groups excluding carboxylic acids is 1. The molecule has 0 radical (unpaired) electrons. The summed E-state index contributed by atoms with van der Waals surface area (Å²) in [5.41, 5.74) is 3.06. The van der Waals surface area contributed by atoms with E-state index >= 15 is 0 Å². The third-order valence-corrected chi connectivity index (χ3v) is 6.90. The van der Waals surface area contributed by atoms with E-state index in [2.05, 4.69) is 50.2 Å². The molecule has 0 saturated carbocycles. The monoisotopic (exact) mass is 459 g/mol. The number of anilines is 2. The molecule has 1 amide bonds. The number of aryl methyl sites for hydroxylation is 1. The second-order valence-electron chi connectivity index (χ2n) is 9.28. The van der Waals surface area contributed by atoms with E-state index in [-0.39, 0.29) is 11.9 Å². The highest BCUT2D eigenvalue weighted by molar-refractivity contribution is 5.92. The van der Waals surface area contributed by atoms with Crippen molar-refractivity contribution in [3.63, 3.8) is 0 Å². The molecular weight excluding hydrogens is 426 g/mol. The van der Waals surface area contributed by atoms with Gasteiger partial charge in [0.05, 0.1) is 18.3 Å². The first-order valence-electron chi connectivity index (χ1n) is 12.1. The van der Waals surface area contributed by atoms with Crippen LogP contribution in [0.25, 0.3) is 5.82 Å². The summed E-state index contributed by atoms with van der Waals surface area (Å²) in [6.45, 7) is 7.46. The van der Waals surface area contributed by atoms with Crippen LogP contribution in [0.3, 0.4) is 0 Å². The second kappa shape index (κ2) is 9.95. The van der Waals surface area contributed by atoms with Crippen molar-refractivity contribution in [2.45, 2.75) is 25.8 Å². The van der Waals surface area contributed by atoms with Gasteiger partial charge in [0.1, 0.15) is 11.6 Å². The average molecular weight is 460 g/mol. The Bertz CT molecular complexity index is 1120. The van der Waals surface area contributed by atoms with Gasteiger partial charge in [-0.25, -0.2) is 9.97 Å². The molecule has 5 rings (SSSR count). The Kier molecular flexibility index (Phi) is 6.60. The van der Waals surface area contributed by atoms with Crippen LogP contribution in [0.5, 0.6) is 0 Å². The number of benzene rings is 1. The lowest BCUT2D eigenvalue weighted by atomic mass is 10.1. The molecule has 2 aliphatic rings. The topological polar surface area (TPSA) is 69.5 Å². The number of rotatable bonds is 6. The molecule has 0 spiro atoms. The minimum Gasteiger partial charge on any atom is -0.369 e. The van der Waals surface area contributed by atoms with Crippen LogP contribution in [-0.2, 0) is 4.79 Å². The maximum absolute atomic E-state index is 12.9. The van der Waals surface area contributed by atoms with Gasteiger partial charge in [-0.2, -0.15) is 0 Å². The van der Waals surface area contributed by atoms with Crippen LogP contribution in [0.15, 0.2) is 54.9 Å². The van der Waals surface area contributed by atoms with Crippen molar-refractivity contribution in [1.29, 1.82) is 0 Å². The molecule has 4 heterocycles. The van der Waals surface area contributed by atoms with Gasteiger partial charge in [0.15, 0.2) is 0 Å². The van der Waals surface area contributed by atoms with E-state index in [1.807, 2.05) is 42.0 Å². The minimum atomic E-state index is 0.0147. The van der Waals surface area contributed by atoms with E-state index in [4.69, 9.17) is 4.98 Å². The van der Waals surface area contributed by atoms with Crippen molar-refractivity contribution in [1.82, 2.24) is 24.3 Å². The van der Waals surface area contributed by atoms with Crippen molar-refractivity contribution in [2.75, 3.05) is 56.5 Å². The van der Waals surface area contributed by atoms with Gasteiger partial charge in [-0.3, -0.25) is 14.3 Å². The van der Waals surface area contributed by atoms with Gasteiger partial charge in [0.2, 0.25) is 5.91 Å².